The molecule has 0 heterocycles. The average Bonchev–Trinajstić information content (AvgIpc) is 2.71. The van der Waals surface area contributed by atoms with Crippen LogP contribution in [-0.2, 0) is 14.3 Å². The maximum absolute atomic E-state index is 11.9. The SMILES string of the molecule is COc1cc(/C=C/C(=O)OCC(=O)Nc2ccccc2Cl)ccc1OCC(C)C. The quantitative estimate of drug-likeness (QED) is 0.477. The van der Waals surface area contributed by atoms with Gasteiger partial charge in [-0.15, -0.1) is 0 Å². The van der Waals surface area contributed by atoms with Crippen molar-refractivity contribution in [2.75, 3.05) is 25.6 Å². The Kier molecular flexibility index (Phi) is 8.55. The minimum Gasteiger partial charge on any atom is -0.493 e. The Labute approximate surface area is 175 Å². The summed E-state index contributed by atoms with van der Waals surface area (Å²) in [5, 5.41) is 2.98. The first kappa shape index (κ1) is 22.3. The number of benzene rings is 2. The number of carbonyl (C=O) groups excluding carboxylic acids is 2. The Hall–Kier alpha value is -2.99. The van der Waals surface area contributed by atoms with Crippen molar-refractivity contribution in [1.29, 1.82) is 0 Å². The number of halogens is 1. The molecule has 7 heteroatoms. The normalized spacial score (nSPS) is 10.8. The zero-order chi connectivity index (χ0) is 21.2. The molecule has 1 amide bonds. The molecule has 2 aromatic rings. The van der Waals surface area contributed by atoms with E-state index in [1.165, 1.54) is 6.08 Å². The fourth-order valence-corrected chi connectivity index (χ4v) is 2.44. The van der Waals surface area contributed by atoms with Crippen molar-refractivity contribution in [3.8, 4) is 11.5 Å². The van der Waals surface area contributed by atoms with Crippen molar-refractivity contribution >= 4 is 35.2 Å². The molecule has 0 saturated heterocycles. The molecule has 0 aliphatic carbocycles. The third-order valence-corrected chi connectivity index (χ3v) is 3.99. The molecule has 2 aromatic carbocycles. The first-order valence-electron chi connectivity index (χ1n) is 9.09. The van der Waals surface area contributed by atoms with Gasteiger partial charge in [-0.3, -0.25) is 4.79 Å². The summed E-state index contributed by atoms with van der Waals surface area (Å²) in [6, 6.07) is 12.1. The number of esters is 1. The lowest BCUT2D eigenvalue weighted by molar-refractivity contribution is -0.142. The van der Waals surface area contributed by atoms with Crippen LogP contribution in [0.25, 0.3) is 6.08 Å². The number of carbonyl (C=O) groups is 2. The van der Waals surface area contributed by atoms with E-state index in [1.807, 2.05) is 0 Å². The third-order valence-electron chi connectivity index (χ3n) is 3.67. The second-order valence-electron chi connectivity index (χ2n) is 6.58. The summed E-state index contributed by atoms with van der Waals surface area (Å²) in [6.45, 7) is 4.28. The van der Waals surface area contributed by atoms with Crippen LogP contribution in [0, 0.1) is 5.92 Å². The molecule has 1 N–H and O–H groups in total. The highest BCUT2D eigenvalue weighted by molar-refractivity contribution is 6.33. The number of ether oxygens (including phenoxy) is 3. The first-order chi connectivity index (χ1) is 13.9. The molecule has 6 nitrogen and oxygen atoms in total. The Morgan fingerprint density at radius 3 is 2.59 bits per heavy atom. The zero-order valence-electron chi connectivity index (χ0n) is 16.6. The van der Waals surface area contributed by atoms with Crippen molar-refractivity contribution < 1.29 is 23.8 Å². The minimum atomic E-state index is -0.640. The van der Waals surface area contributed by atoms with E-state index in [0.29, 0.717) is 34.7 Å². The van der Waals surface area contributed by atoms with Crippen molar-refractivity contribution in [3.63, 3.8) is 0 Å². The molecule has 154 valence electrons. The highest BCUT2D eigenvalue weighted by atomic mass is 35.5. The van der Waals surface area contributed by atoms with Gasteiger partial charge in [-0.05, 0) is 41.8 Å². The lowest BCUT2D eigenvalue weighted by atomic mass is 10.2. The highest BCUT2D eigenvalue weighted by Crippen LogP contribution is 2.29. The standard InChI is InChI=1S/C22H24ClNO5/c1-15(2)13-28-19-10-8-16(12-20(19)27-3)9-11-22(26)29-14-21(25)24-18-7-5-4-6-17(18)23/h4-12,15H,13-14H2,1-3H3,(H,24,25)/b11-9+. The van der Waals surface area contributed by atoms with Gasteiger partial charge in [-0.25, -0.2) is 4.79 Å². The van der Waals surface area contributed by atoms with Crippen LogP contribution in [0.15, 0.2) is 48.5 Å². The van der Waals surface area contributed by atoms with Crippen molar-refractivity contribution in [1.82, 2.24) is 0 Å². The summed E-state index contributed by atoms with van der Waals surface area (Å²) < 4.78 is 16.0. The van der Waals surface area contributed by atoms with Crippen molar-refractivity contribution in [2.24, 2.45) is 5.92 Å². The monoisotopic (exact) mass is 417 g/mol. The molecule has 0 aliphatic rings. The predicted octanol–water partition coefficient (Wildman–Crippen LogP) is 4.58. The average molecular weight is 418 g/mol. The number of hydrogen-bond donors (Lipinski definition) is 1. The fourth-order valence-electron chi connectivity index (χ4n) is 2.26. The second-order valence-corrected chi connectivity index (χ2v) is 6.99. The summed E-state index contributed by atoms with van der Waals surface area (Å²) in [5.41, 5.74) is 1.19. The second kappa shape index (κ2) is 11.1. The van der Waals surface area contributed by atoms with Crippen LogP contribution in [0.4, 0.5) is 5.69 Å². The van der Waals surface area contributed by atoms with Crippen LogP contribution in [0.5, 0.6) is 11.5 Å². The van der Waals surface area contributed by atoms with E-state index < -0.39 is 18.5 Å². The molecule has 0 aliphatic heterocycles. The molecule has 0 aromatic heterocycles. The fraction of sp³-hybridized carbons (Fsp3) is 0.273. The Morgan fingerprint density at radius 1 is 1.14 bits per heavy atom. The summed E-state index contributed by atoms with van der Waals surface area (Å²) in [7, 11) is 1.55. The largest absolute Gasteiger partial charge is 0.493 e. The van der Waals surface area contributed by atoms with Gasteiger partial charge in [0.15, 0.2) is 18.1 Å². The molecular weight excluding hydrogens is 394 g/mol. The molecule has 0 fully saturated rings. The Balaban J connectivity index is 1.88. The number of rotatable bonds is 9. The van der Waals surface area contributed by atoms with Gasteiger partial charge in [-0.2, -0.15) is 0 Å². The molecule has 0 saturated carbocycles. The molecule has 0 bridgehead atoms. The zero-order valence-corrected chi connectivity index (χ0v) is 17.4. The summed E-state index contributed by atoms with van der Waals surface area (Å²) in [4.78, 5) is 23.7. The molecular formula is C22H24ClNO5. The Morgan fingerprint density at radius 2 is 1.90 bits per heavy atom. The van der Waals surface area contributed by atoms with E-state index in [4.69, 9.17) is 25.8 Å². The number of anilines is 1. The van der Waals surface area contributed by atoms with Crippen LogP contribution < -0.4 is 14.8 Å². The lowest BCUT2D eigenvalue weighted by Crippen LogP contribution is -2.20. The molecule has 0 spiro atoms. The van der Waals surface area contributed by atoms with E-state index in [1.54, 1.807) is 55.7 Å². The maximum Gasteiger partial charge on any atom is 0.331 e. The first-order valence-corrected chi connectivity index (χ1v) is 9.47. The smallest absolute Gasteiger partial charge is 0.331 e. The number of para-hydroxylation sites is 1. The van der Waals surface area contributed by atoms with Gasteiger partial charge < -0.3 is 19.5 Å². The molecule has 0 unspecified atom stereocenters. The molecule has 0 atom stereocenters. The van der Waals surface area contributed by atoms with Crippen LogP contribution in [-0.4, -0.2) is 32.2 Å². The van der Waals surface area contributed by atoms with Gasteiger partial charge in [0.2, 0.25) is 0 Å². The number of amides is 1. The topological polar surface area (TPSA) is 73.9 Å². The van der Waals surface area contributed by atoms with Gasteiger partial charge in [0, 0.05) is 6.08 Å². The molecule has 2 rings (SSSR count). The number of methoxy groups -OCH3 is 1. The summed E-state index contributed by atoms with van der Waals surface area (Å²) in [6.07, 6.45) is 2.81. The summed E-state index contributed by atoms with van der Waals surface area (Å²) >= 11 is 5.97. The van der Waals surface area contributed by atoms with Gasteiger partial charge in [0.05, 0.1) is 24.4 Å². The van der Waals surface area contributed by atoms with E-state index in [2.05, 4.69) is 19.2 Å². The number of nitrogens with one attached hydrogen (secondary N) is 1. The Bertz CT molecular complexity index is 879. The minimum absolute atomic E-state index is 0.393. The van der Waals surface area contributed by atoms with E-state index >= 15 is 0 Å². The van der Waals surface area contributed by atoms with Crippen LogP contribution in [0.3, 0.4) is 0 Å². The highest BCUT2D eigenvalue weighted by Gasteiger charge is 2.09. The van der Waals surface area contributed by atoms with E-state index in [0.717, 1.165) is 5.56 Å². The third kappa shape index (κ3) is 7.50. The van der Waals surface area contributed by atoms with Crippen LogP contribution in [0.2, 0.25) is 5.02 Å². The van der Waals surface area contributed by atoms with Crippen LogP contribution in [0.1, 0.15) is 19.4 Å². The van der Waals surface area contributed by atoms with E-state index in [-0.39, 0.29) is 0 Å². The predicted molar refractivity (Wildman–Crippen MR) is 113 cm³/mol. The molecule has 0 radical (unpaired) electrons. The summed E-state index contributed by atoms with van der Waals surface area (Å²) in [5.74, 6) is 0.480. The maximum atomic E-state index is 11.9. The van der Waals surface area contributed by atoms with Gasteiger partial charge in [0.1, 0.15) is 0 Å². The van der Waals surface area contributed by atoms with Crippen molar-refractivity contribution in [3.05, 3.63) is 59.1 Å². The van der Waals surface area contributed by atoms with E-state index in [9.17, 15) is 9.59 Å². The van der Waals surface area contributed by atoms with Crippen LogP contribution >= 0.6 is 11.6 Å². The van der Waals surface area contributed by atoms with Gasteiger partial charge in [-0.1, -0.05) is 43.6 Å². The lowest BCUT2D eigenvalue weighted by Gasteiger charge is -2.12. The molecule has 29 heavy (non-hydrogen) atoms. The van der Waals surface area contributed by atoms with Gasteiger partial charge >= 0.3 is 5.97 Å². The number of hydrogen-bond acceptors (Lipinski definition) is 5. The van der Waals surface area contributed by atoms with Gasteiger partial charge in [0.25, 0.3) is 5.91 Å². The van der Waals surface area contributed by atoms with Crippen molar-refractivity contribution in [2.45, 2.75) is 13.8 Å².